The Kier molecular flexibility index (Phi) is 12.0. The lowest BCUT2D eigenvalue weighted by molar-refractivity contribution is -0.167. The molecule has 0 radical (unpaired) electrons. The number of aromatic nitrogens is 2. The van der Waals surface area contributed by atoms with Crippen molar-refractivity contribution in [3.05, 3.63) is 94.0 Å². The number of hydrogen-bond acceptors (Lipinski definition) is 6. The second kappa shape index (κ2) is 15.4. The lowest BCUT2D eigenvalue weighted by atomic mass is 10.0. The summed E-state index contributed by atoms with van der Waals surface area (Å²) < 4.78 is 73.7. The summed E-state index contributed by atoms with van der Waals surface area (Å²) in [7, 11) is 1.79. The molecule has 246 valence electrons. The molecule has 0 aliphatic carbocycles. The number of benzene rings is 2. The molecular formula is C32H33F5N4O5. The van der Waals surface area contributed by atoms with Crippen molar-refractivity contribution in [2.75, 3.05) is 31.2 Å². The van der Waals surface area contributed by atoms with Crippen molar-refractivity contribution < 1.29 is 41.4 Å². The number of ether oxygens (including phenoxy) is 1. The second-order valence-corrected chi connectivity index (χ2v) is 9.91. The minimum Gasteiger partial charge on any atom is -0.480 e. The van der Waals surface area contributed by atoms with Crippen molar-refractivity contribution in [1.82, 2.24) is 14.9 Å². The largest absolute Gasteiger partial charge is 0.480 e. The van der Waals surface area contributed by atoms with Gasteiger partial charge in [-0.25, -0.2) is 8.78 Å². The molecule has 0 spiro atoms. The molecule has 2 N–H and O–H groups in total. The number of aryl methyl sites for hydroxylation is 2. The molecule has 0 bridgehead atoms. The minimum absolute atomic E-state index is 0.0163. The number of anilines is 1. The molecule has 1 atom stereocenters. The van der Waals surface area contributed by atoms with Gasteiger partial charge >= 0.3 is 12.1 Å². The van der Waals surface area contributed by atoms with E-state index in [-0.39, 0.29) is 18.7 Å². The maximum atomic E-state index is 14.1. The smallest absolute Gasteiger partial charge is 0.411 e. The van der Waals surface area contributed by atoms with Gasteiger partial charge in [0.1, 0.15) is 29.8 Å². The first-order valence-electron chi connectivity index (χ1n) is 14.2. The number of aliphatic carboxylic acids is 1. The van der Waals surface area contributed by atoms with Crippen LogP contribution in [0.1, 0.15) is 29.8 Å². The van der Waals surface area contributed by atoms with Crippen molar-refractivity contribution in [2.45, 2.75) is 33.0 Å². The number of carbonyl (C=O) groups is 2. The van der Waals surface area contributed by atoms with E-state index >= 15 is 0 Å². The molecule has 1 aliphatic heterocycles. The highest BCUT2D eigenvalue weighted by molar-refractivity contribution is 5.96. The normalized spacial score (nSPS) is 14.5. The Morgan fingerprint density at radius 1 is 1.07 bits per heavy atom. The molecule has 3 heterocycles. The van der Waals surface area contributed by atoms with Crippen LogP contribution in [0.25, 0.3) is 22.0 Å². The SMILES string of the molecule is CC.Cc1ccc(-c2cc3cnccc3n(C)c2=O)cc1.O=C(O)CNC(=O)c1c(F)cc(N2CCOCC2C(F)(F)F)cc1F. The Balaban J connectivity index is 0.000000245. The molecule has 1 aliphatic rings. The summed E-state index contributed by atoms with van der Waals surface area (Å²) in [6.45, 7) is 4.18. The Labute approximate surface area is 261 Å². The number of carbonyl (C=O) groups excluding carboxylic acids is 1. The predicted molar refractivity (Wildman–Crippen MR) is 163 cm³/mol. The summed E-state index contributed by atoms with van der Waals surface area (Å²) >= 11 is 0. The summed E-state index contributed by atoms with van der Waals surface area (Å²) in [5.41, 5.74) is 2.29. The molecule has 2 aromatic carbocycles. The summed E-state index contributed by atoms with van der Waals surface area (Å²) in [5, 5.41) is 11.2. The summed E-state index contributed by atoms with van der Waals surface area (Å²) in [6, 6.07) is 10.9. The number of fused-ring (bicyclic) bond motifs is 1. The first-order valence-corrected chi connectivity index (χ1v) is 14.2. The van der Waals surface area contributed by atoms with Crippen LogP contribution in [0, 0.1) is 18.6 Å². The molecule has 4 aromatic rings. The maximum Gasteiger partial charge on any atom is 0.411 e. The third-order valence-corrected chi connectivity index (χ3v) is 6.88. The van der Waals surface area contributed by atoms with Crippen LogP contribution in [0.4, 0.5) is 27.6 Å². The van der Waals surface area contributed by atoms with Gasteiger partial charge in [-0.3, -0.25) is 19.4 Å². The Morgan fingerprint density at radius 3 is 2.28 bits per heavy atom. The van der Waals surface area contributed by atoms with Crippen LogP contribution in [0.3, 0.4) is 0 Å². The van der Waals surface area contributed by atoms with E-state index in [1.54, 1.807) is 29.3 Å². The molecular weight excluding hydrogens is 615 g/mol. The Bertz CT molecular complexity index is 1720. The molecule has 1 saturated heterocycles. The van der Waals surface area contributed by atoms with Crippen LogP contribution in [0.2, 0.25) is 0 Å². The number of carboxylic acids is 1. The number of alkyl halides is 3. The zero-order valence-electron chi connectivity index (χ0n) is 25.5. The first-order chi connectivity index (χ1) is 21.8. The highest BCUT2D eigenvalue weighted by Crippen LogP contribution is 2.32. The summed E-state index contributed by atoms with van der Waals surface area (Å²) in [6.07, 6.45) is -1.19. The second-order valence-electron chi connectivity index (χ2n) is 9.91. The molecule has 0 saturated carbocycles. The van der Waals surface area contributed by atoms with Crippen LogP contribution >= 0.6 is 0 Å². The van der Waals surface area contributed by atoms with Crippen molar-refractivity contribution in [3.8, 4) is 11.1 Å². The first kappa shape index (κ1) is 35.6. The van der Waals surface area contributed by atoms with Crippen LogP contribution in [-0.2, 0) is 16.6 Å². The number of carboxylic acid groups (broad SMARTS) is 1. The van der Waals surface area contributed by atoms with E-state index in [9.17, 15) is 36.3 Å². The van der Waals surface area contributed by atoms with Gasteiger partial charge in [0, 0.05) is 42.6 Å². The number of pyridine rings is 2. The van der Waals surface area contributed by atoms with Crippen LogP contribution in [0.15, 0.2) is 65.7 Å². The van der Waals surface area contributed by atoms with E-state index < -0.39 is 60.1 Å². The summed E-state index contributed by atoms with van der Waals surface area (Å²) in [4.78, 5) is 39.3. The highest BCUT2D eigenvalue weighted by atomic mass is 19.4. The van der Waals surface area contributed by atoms with Crippen LogP contribution in [0.5, 0.6) is 0 Å². The van der Waals surface area contributed by atoms with Crippen molar-refractivity contribution >= 4 is 28.5 Å². The van der Waals surface area contributed by atoms with E-state index in [0.29, 0.717) is 17.7 Å². The number of amides is 1. The Hall–Kier alpha value is -4.85. The fraction of sp³-hybridized carbons (Fsp3) is 0.312. The molecule has 9 nitrogen and oxygen atoms in total. The minimum atomic E-state index is -4.68. The third-order valence-electron chi connectivity index (χ3n) is 6.88. The zero-order valence-corrected chi connectivity index (χ0v) is 25.5. The van der Waals surface area contributed by atoms with Gasteiger partial charge in [0.05, 0.1) is 18.7 Å². The quantitative estimate of drug-likeness (QED) is 0.276. The predicted octanol–water partition coefficient (Wildman–Crippen LogP) is 5.48. The fourth-order valence-electron chi connectivity index (χ4n) is 4.63. The molecule has 1 amide bonds. The van der Waals surface area contributed by atoms with Crippen molar-refractivity contribution in [1.29, 1.82) is 0 Å². The lowest BCUT2D eigenvalue weighted by Gasteiger charge is -2.38. The monoisotopic (exact) mass is 648 g/mol. The third kappa shape index (κ3) is 8.44. The fourth-order valence-corrected chi connectivity index (χ4v) is 4.63. The number of rotatable bonds is 5. The van der Waals surface area contributed by atoms with Gasteiger partial charge in [-0.2, -0.15) is 13.2 Å². The zero-order chi connectivity index (χ0) is 34.2. The van der Waals surface area contributed by atoms with E-state index in [1.165, 1.54) is 5.56 Å². The number of hydrogen-bond donors (Lipinski definition) is 2. The topological polar surface area (TPSA) is 114 Å². The van der Waals surface area contributed by atoms with E-state index in [1.807, 2.05) is 57.2 Å². The standard InChI is InChI=1S/C16H14N2O.C14H13F5N2O4.C2H6/c1-11-3-5-12(6-4-11)14-9-13-10-17-8-7-15(13)18(2)16(14)19;15-8-3-7(21-1-2-25-6-10(21)14(17,18)19)4-9(16)12(8)13(24)20-5-11(22)23;1-2/h3-10H,1-2H3;3-4,10H,1-2,5-6H2,(H,20,24)(H,22,23);1-2H3. The van der Waals surface area contributed by atoms with E-state index in [4.69, 9.17) is 9.84 Å². The van der Waals surface area contributed by atoms with E-state index in [0.717, 1.165) is 21.4 Å². The summed E-state index contributed by atoms with van der Waals surface area (Å²) in [5.74, 6) is -5.54. The molecule has 1 fully saturated rings. The lowest BCUT2D eigenvalue weighted by Crippen LogP contribution is -2.53. The van der Waals surface area contributed by atoms with Crippen molar-refractivity contribution in [3.63, 3.8) is 0 Å². The molecule has 5 rings (SSSR count). The average Bonchev–Trinajstić information content (AvgIpc) is 3.03. The maximum absolute atomic E-state index is 14.1. The van der Waals surface area contributed by atoms with Gasteiger partial charge in [0.25, 0.3) is 11.5 Å². The van der Waals surface area contributed by atoms with Gasteiger partial charge < -0.3 is 24.6 Å². The number of morpholine rings is 1. The number of halogens is 5. The highest BCUT2D eigenvalue weighted by Gasteiger charge is 2.45. The molecule has 46 heavy (non-hydrogen) atoms. The van der Waals surface area contributed by atoms with Gasteiger partial charge in [-0.15, -0.1) is 0 Å². The van der Waals surface area contributed by atoms with Gasteiger partial charge in [-0.1, -0.05) is 43.7 Å². The van der Waals surface area contributed by atoms with Gasteiger partial charge in [-0.05, 0) is 36.8 Å². The van der Waals surface area contributed by atoms with Crippen molar-refractivity contribution in [2.24, 2.45) is 7.05 Å². The van der Waals surface area contributed by atoms with E-state index in [2.05, 4.69) is 4.98 Å². The van der Waals surface area contributed by atoms with Crippen LogP contribution in [-0.4, -0.2) is 65.1 Å². The van der Waals surface area contributed by atoms with Gasteiger partial charge in [0.15, 0.2) is 0 Å². The molecule has 1 unspecified atom stereocenters. The van der Waals surface area contributed by atoms with Crippen LogP contribution < -0.4 is 15.8 Å². The van der Waals surface area contributed by atoms with Gasteiger partial charge in [0.2, 0.25) is 0 Å². The molecule has 2 aromatic heterocycles. The number of nitrogens with zero attached hydrogens (tertiary/aromatic N) is 3. The number of nitrogens with one attached hydrogen (secondary N) is 1. The Morgan fingerprint density at radius 2 is 1.70 bits per heavy atom. The molecule has 14 heteroatoms. The average molecular weight is 649 g/mol.